The van der Waals surface area contributed by atoms with Crippen LogP contribution in [0.2, 0.25) is 0 Å². The van der Waals surface area contributed by atoms with Gasteiger partial charge in [-0.25, -0.2) is 0 Å². The van der Waals surface area contributed by atoms with Crippen LogP contribution in [0.15, 0.2) is 94.7 Å². The molecule has 12 heteroatoms. The van der Waals surface area contributed by atoms with Gasteiger partial charge in [-0.1, -0.05) is 55.5 Å². The Balaban J connectivity index is 1.50. The van der Waals surface area contributed by atoms with Crippen molar-refractivity contribution in [3.8, 4) is 5.75 Å². The maximum Gasteiger partial charge on any atom is 0.375 e. The molecular weight excluding hydrogens is 568 g/mol. The first-order chi connectivity index (χ1) is 19.5. The first-order valence-electron chi connectivity index (χ1n) is 12.6. The molecule has 1 aliphatic heterocycles. The molecule has 0 saturated carbocycles. The van der Waals surface area contributed by atoms with Crippen molar-refractivity contribution in [3.63, 3.8) is 0 Å². The first-order valence-corrected chi connectivity index (χ1v) is 15.9. The molecule has 0 spiro atoms. The minimum Gasteiger partial charge on any atom is -0.439 e. The minimum absolute atomic E-state index is 0.156. The first kappa shape index (κ1) is 27.0. The highest BCUT2D eigenvalue weighted by atomic mass is 32.2. The number of benzene rings is 4. The van der Waals surface area contributed by atoms with E-state index in [1.54, 1.807) is 30.4 Å². The predicted octanol–water partition coefficient (Wildman–Crippen LogP) is 5.25. The molecule has 4 aromatic carbocycles. The summed E-state index contributed by atoms with van der Waals surface area (Å²) in [4.78, 5) is 1.36. The van der Waals surface area contributed by atoms with Crippen LogP contribution in [0.3, 0.4) is 0 Å². The molecule has 2 heterocycles. The largest absolute Gasteiger partial charge is 0.439 e. The van der Waals surface area contributed by atoms with Crippen molar-refractivity contribution in [1.29, 1.82) is 0 Å². The van der Waals surface area contributed by atoms with Crippen molar-refractivity contribution in [2.24, 2.45) is 0 Å². The maximum absolute atomic E-state index is 12.0. The van der Waals surface area contributed by atoms with Gasteiger partial charge in [-0.3, -0.25) is 14.0 Å². The second-order valence-corrected chi connectivity index (χ2v) is 12.5. The highest BCUT2D eigenvalue weighted by Gasteiger charge is 2.31. The molecular formula is C29H25N2O8S2+. The lowest BCUT2D eigenvalue weighted by Crippen LogP contribution is -2.39. The van der Waals surface area contributed by atoms with Crippen LogP contribution in [-0.4, -0.2) is 31.8 Å². The van der Waals surface area contributed by atoms with Gasteiger partial charge in [0.1, 0.15) is 0 Å². The van der Waals surface area contributed by atoms with Gasteiger partial charge >= 0.3 is 16.0 Å². The van der Waals surface area contributed by atoms with Crippen molar-refractivity contribution in [3.05, 3.63) is 96.2 Å². The molecule has 2 N–H and O–H groups in total. The number of rotatable bonds is 7. The van der Waals surface area contributed by atoms with Gasteiger partial charge in [0.25, 0.3) is 21.5 Å². The van der Waals surface area contributed by atoms with Crippen molar-refractivity contribution < 1.29 is 39.7 Å². The zero-order valence-corrected chi connectivity index (χ0v) is 23.4. The number of nitrogens with zero attached hydrogens (tertiary/aromatic N) is 2. The van der Waals surface area contributed by atoms with Gasteiger partial charge in [0, 0.05) is 6.08 Å². The number of oxazole rings is 1. The Labute approximate surface area is 235 Å². The van der Waals surface area contributed by atoms with Crippen LogP contribution >= 0.6 is 0 Å². The Hall–Kier alpha value is -4.23. The summed E-state index contributed by atoms with van der Waals surface area (Å²) in [7, 11) is -8.88. The fourth-order valence-corrected chi connectivity index (χ4v) is 6.20. The highest BCUT2D eigenvalue weighted by molar-refractivity contribution is 7.85. The molecule has 1 aliphatic rings. The van der Waals surface area contributed by atoms with Crippen molar-refractivity contribution >= 4 is 64.6 Å². The van der Waals surface area contributed by atoms with E-state index in [0.29, 0.717) is 34.5 Å². The monoisotopic (exact) mass is 593 g/mol. The number of aromatic nitrogens is 1. The van der Waals surface area contributed by atoms with Crippen LogP contribution in [0.4, 0.5) is 5.69 Å². The predicted molar refractivity (Wildman–Crippen MR) is 155 cm³/mol. The van der Waals surface area contributed by atoms with Gasteiger partial charge in [-0.15, -0.1) is 4.57 Å². The molecule has 0 saturated heterocycles. The van der Waals surface area contributed by atoms with E-state index in [2.05, 4.69) is 0 Å². The average molecular weight is 594 g/mol. The lowest BCUT2D eigenvalue weighted by molar-refractivity contribution is -0.658. The van der Waals surface area contributed by atoms with Crippen LogP contribution in [0.5, 0.6) is 5.75 Å². The topological polar surface area (TPSA) is 138 Å². The van der Waals surface area contributed by atoms with E-state index < -0.39 is 32.0 Å². The fraction of sp³-hybridized carbons (Fsp3) is 0.138. The summed E-state index contributed by atoms with van der Waals surface area (Å²) < 4.78 is 80.9. The highest BCUT2D eigenvalue weighted by Crippen LogP contribution is 2.42. The van der Waals surface area contributed by atoms with Gasteiger partial charge in [0.15, 0.2) is 11.6 Å². The Bertz CT molecular complexity index is 2130. The Morgan fingerprint density at radius 2 is 1.59 bits per heavy atom. The van der Waals surface area contributed by atoms with E-state index >= 15 is 0 Å². The third kappa shape index (κ3) is 5.42. The summed E-state index contributed by atoms with van der Waals surface area (Å²) in [5, 5.41) is 3.37. The number of fused-ring (bicyclic) bond motifs is 5. The number of anilines is 1. The minimum atomic E-state index is -4.45. The van der Waals surface area contributed by atoms with Gasteiger partial charge < -0.3 is 9.15 Å². The van der Waals surface area contributed by atoms with E-state index in [9.17, 15) is 25.9 Å². The molecule has 0 bridgehead atoms. The third-order valence-electron chi connectivity index (χ3n) is 6.82. The second kappa shape index (κ2) is 10.00. The number of allylic oxidation sites excluding steroid dienone is 2. The Kier molecular flexibility index (Phi) is 6.57. The Morgan fingerprint density at radius 1 is 0.902 bits per heavy atom. The summed E-state index contributed by atoms with van der Waals surface area (Å²) in [6.45, 7) is 1.86. The van der Waals surface area contributed by atoms with Crippen molar-refractivity contribution in [1.82, 2.24) is 0 Å². The summed E-state index contributed by atoms with van der Waals surface area (Å²) in [5.41, 5.74) is 2.00. The van der Waals surface area contributed by atoms with Crippen LogP contribution in [-0.2, 0) is 26.1 Å². The van der Waals surface area contributed by atoms with E-state index in [-0.39, 0.29) is 11.8 Å². The summed E-state index contributed by atoms with van der Waals surface area (Å²) in [5.74, 6) is -0.739. The Morgan fingerprint density at radius 3 is 2.27 bits per heavy atom. The zero-order chi connectivity index (χ0) is 28.9. The lowest BCUT2D eigenvalue weighted by Gasteiger charge is -2.17. The van der Waals surface area contributed by atoms with Crippen molar-refractivity contribution in [2.45, 2.75) is 19.2 Å². The molecule has 210 valence electrons. The van der Waals surface area contributed by atoms with Crippen LogP contribution in [0.1, 0.15) is 19.2 Å². The van der Waals surface area contributed by atoms with Crippen LogP contribution < -0.4 is 14.2 Å². The molecule has 0 aliphatic carbocycles. The van der Waals surface area contributed by atoms with E-state index in [1.807, 2.05) is 61.5 Å². The van der Waals surface area contributed by atoms with Gasteiger partial charge in [0.2, 0.25) is 11.5 Å². The standard InChI is InChI=1S/C29H24N2O8S2/c1-2-19(13-27-30(17-40(32,33)34)24-15-21-8-3-4-9-22(21)16-26(24)39-27)14-28-31(18-41(35,36)37)29-23-10-6-5-7-20(23)11-12-25(29)38-28/h3-16H,2,17-18H2,1H3,(H-,32,33,34,35,36,37)/p+1. The molecule has 0 fully saturated rings. The lowest BCUT2D eigenvalue weighted by atomic mass is 10.1. The molecule has 5 aromatic rings. The van der Waals surface area contributed by atoms with Gasteiger partial charge in [-0.2, -0.15) is 16.8 Å². The smallest absolute Gasteiger partial charge is 0.375 e. The summed E-state index contributed by atoms with van der Waals surface area (Å²) in [6, 6.07) is 22.1. The molecule has 0 amide bonds. The third-order valence-corrected chi connectivity index (χ3v) is 7.99. The van der Waals surface area contributed by atoms with Gasteiger partial charge in [-0.05, 0) is 52.4 Å². The number of hydrogen-bond acceptors (Lipinski definition) is 7. The molecule has 0 atom stereocenters. The SMILES string of the molecule is CCC(=Cc1oc2ccc3ccccc3c2[n+]1CS(=O)(=O)O)C=C1Oc2cc3ccccc3cc2N1CS(=O)(=O)O. The summed E-state index contributed by atoms with van der Waals surface area (Å²) in [6.07, 6.45) is 3.65. The molecule has 0 unspecified atom stereocenters. The van der Waals surface area contributed by atoms with E-state index in [1.165, 1.54) is 9.47 Å². The normalized spacial score (nSPS) is 15.2. The molecule has 41 heavy (non-hydrogen) atoms. The van der Waals surface area contributed by atoms with E-state index in [0.717, 1.165) is 21.5 Å². The average Bonchev–Trinajstić information content (AvgIpc) is 3.41. The maximum atomic E-state index is 12.0. The van der Waals surface area contributed by atoms with E-state index in [4.69, 9.17) is 9.15 Å². The quantitative estimate of drug-likeness (QED) is 0.191. The molecule has 6 rings (SSSR count). The van der Waals surface area contributed by atoms with Crippen molar-refractivity contribution in [2.75, 3.05) is 10.8 Å². The number of ether oxygens (including phenoxy) is 1. The molecule has 1 aromatic heterocycles. The summed E-state index contributed by atoms with van der Waals surface area (Å²) >= 11 is 0. The van der Waals surface area contributed by atoms with Crippen LogP contribution in [0, 0.1) is 0 Å². The van der Waals surface area contributed by atoms with Gasteiger partial charge in [0.05, 0.1) is 17.1 Å². The fourth-order valence-electron chi connectivity index (χ4n) is 5.03. The number of hydrogen-bond donors (Lipinski definition) is 2. The zero-order valence-electron chi connectivity index (χ0n) is 21.8. The van der Waals surface area contributed by atoms with Crippen LogP contribution in [0.25, 0.3) is 38.7 Å². The molecule has 0 radical (unpaired) electrons. The second-order valence-electron chi connectivity index (χ2n) is 9.68. The molecule has 10 nitrogen and oxygen atoms in total.